The van der Waals surface area contributed by atoms with Crippen molar-refractivity contribution in [3.63, 3.8) is 0 Å². The van der Waals surface area contributed by atoms with Gasteiger partial charge in [-0.2, -0.15) is 0 Å². The molecule has 0 unspecified atom stereocenters. The van der Waals surface area contributed by atoms with Crippen LogP contribution >= 0.6 is 0 Å². The average Bonchev–Trinajstić information content (AvgIpc) is 3.21. The number of fused-ring (bicyclic) bond motifs is 3. The van der Waals surface area contributed by atoms with Gasteiger partial charge in [0.1, 0.15) is 0 Å². The third-order valence-electron chi connectivity index (χ3n) is 7.42. The number of aryl methyl sites for hydroxylation is 1. The molecule has 1 fully saturated rings. The topological polar surface area (TPSA) is 39.3 Å². The number of nitrogens with one attached hydrogen (secondary N) is 1. The number of aliphatic hydroxyl groups is 1. The van der Waals surface area contributed by atoms with E-state index in [9.17, 15) is 9.50 Å². The molecule has 5 rings (SSSR count). The van der Waals surface area contributed by atoms with Crippen molar-refractivity contribution in [2.24, 2.45) is 5.92 Å². The number of hydrogen-bond acceptors (Lipinski definition) is 2. The zero-order valence-corrected chi connectivity index (χ0v) is 19.5. The molecule has 1 aliphatic carbocycles. The van der Waals surface area contributed by atoms with E-state index in [0.29, 0.717) is 12.3 Å². The molecule has 0 amide bonds. The summed E-state index contributed by atoms with van der Waals surface area (Å²) in [6.45, 7) is 3.11. The minimum Gasteiger partial charge on any atom is -0.396 e. The molecule has 174 valence electrons. The number of benzene rings is 2. The molecule has 3 nitrogen and oxygen atoms in total. The molecule has 2 aliphatic rings. The highest BCUT2D eigenvalue weighted by atomic mass is 19.1. The van der Waals surface area contributed by atoms with Crippen molar-refractivity contribution in [2.75, 3.05) is 32.9 Å². The number of alkyl halides is 1. The van der Waals surface area contributed by atoms with Crippen molar-refractivity contribution < 1.29 is 9.50 Å². The number of rotatable bonds is 9. The summed E-state index contributed by atoms with van der Waals surface area (Å²) in [6, 6.07) is 15.9. The number of hydrogen-bond donors (Lipinski definition) is 2. The number of H-pyrrole nitrogens is 1. The second-order valence-electron chi connectivity index (χ2n) is 9.76. The van der Waals surface area contributed by atoms with E-state index in [1.54, 1.807) is 0 Å². The summed E-state index contributed by atoms with van der Waals surface area (Å²) in [6.07, 6.45) is 8.91. The number of aromatic nitrogens is 1. The lowest BCUT2D eigenvalue weighted by Gasteiger charge is -2.39. The smallest absolute Gasteiger partial charge is 0.0906 e. The number of aromatic amines is 1. The van der Waals surface area contributed by atoms with E-state index in [1.165, 1.54) is 44.3 Å². The summed E-state index contributed by atoms with van der Waals surface area (Å²) >= 11 is 0. The summed E-state index contributed by atoms with van der Waals surface area (Å²) in [4.78, 5) is 5.73. The molecular weight excluding hydrogens is 411 g/mol. The molecule has 1 aliphatic heterocycles. The summed E-state index contributed by atoms with van der Waals surface area (Å²) in [7, 11) is 0. The number of halogens is 1. The summed E-state index contributed by atoms with van der Waals surface area (Å²) in [5.41, 5.74) is 9.57. The standard InChI is InChI=1S/C29H35FN2O/c30-14-3-16-32-19-22(20-32)18-21-7-9-24(10-8-21)29-23(5-2-17-33)4-1-6-25-26-13-15-31-28(26)12-11-27(25)29/h7-13,15,22,31,33H,1-6,14,16-20H2. The second-order valence-corrected chi connectivity index (χ2v) is 9.76. The monoisotopic (exact) mass is 446 g/mol. The fourth-order valence-electron chi connectivity index (χ4n) is 5.81. The van der Waals surface area contributed by atoms with Crippen LogP contribution in [0.4, 0.5) is 4.39 Å². The van der Waals surface area contributed by atoms with Gasteiger partial charge in [-0.1, -0.05) is 35.9 Å². The Hall–Kier alpha value is -2.43. The van der Waals surface area contributed by atoms with Crippen molar-refractivity contribution in [2.45, 2.75) is 44.9 Å². The summed E-state index contributed by atoms with van der Waals surface area (Å²) in [5, 5.41) is 10.8. The zero-order chi connectivity index (χ0) is 22.6. The molecule has 2 aromatic carbocycles. The maximum atomic E-state index is 12.4. The van der Waals surface area contributed by atoms with Gasteiger partial charge in [-0.15, -0.1) is 0 Å². The van der Waals surface area contributed by atoms with E-state index in [0.717, 1.165) is 58.2 Å². The number of likely N-dealkylation sites (tertiary alicyclic amines) is 1. The van der Waals surface area contributed by atoms with Crippen molar-refractivity contribution in [3.05, 3.63) is 76.5 Å². The van der Waals surface area contributed by atoms with Crippen LogP contribution in [0.2, 0.25) is 0 Å². The molecular formula is C29H35FN2O. The Balaban J connectivity index is 1.41. The van der Waals surface area contributed by atoms with Gasteiger partial charge in [0, 0.05) is 43.3 Å². The molecule has 0 saturated carbocycles. The molecule has 0 atom stereocenters. The Morgan fingerprint density at radius 1 is 1.00 bits per heavy atom. The minimum absolute atomic E-state index is 0.211. The maximum Gasteiger partial charge on any atom is 0.0906 e. The molecule has 3 aromatic rings. The van der Waals surface area contributed by atoms with Crippen molar-refractivity contribution in [1.29, 1.82) is 0 Å². The first-order valence-corrected chi connectivity index (χ1v) is 12.6. The predicted octanol–water partition coefficient (Wildman–Crippen LogP) is 5.91. The van der Waals surface area contributed by atoms with Gasteiger partial charge in [0.15, 0.2) is 0 Å². The fraction of sp³-hybridized carbons (Fsp3) is 0.448. The van der Waals surface area contributed by atoms with Crippen molar-refractivity contribution >= 4 is 16.5 Å². The second kappa shape index (κ2) is 10.2. The number of nitrogens with zero attached hydrogens (tertiary/aromatic N) is 1. The predicted molar refractivity (Wildman–Crippen MR) is 134 cm³/mol. The van der Waals surface area contributed by atoms with Crippen LogP contribution in [-0.2, 0) is 12.8 Å². The highest BCUT2D eigenvalue weighted by Crippen LogP contribution is 2.39. The van der Waals surface area contributed by atoms with Gasteiger partial charge in [-0.05, 0) is 90.8 Å². The van der Waals surface area contributed by atoms with E-state index in [-0.39, 0.29) is 13.3 Å². The maximum absolute atomic E-state index is 12.4. The zero-order valence-electron chi connectivity index (χ0n) is 19.5. The van der Waals surface area contributed by atoms with Crippen LogP contribution in [0.25, 0.3) is 16.5 Å². The van der Waals surface area contributed by atoms with Crippen LogP contribution < -0.4 is 0 Å². The lowest BCUT2D eigenvalue weighted by atomic mass is 9.86. The fourth-order valence-corrected chi connectivity index (χ4v) is 5.81. The van der Waals surface area contributed by atoms with Crippen molar-refractivity contribution in [3.8, 4) is 0 Å². The van der Waals surface area contributed by atoms with E-state index in [4.69, 9.17) is 0 Å². The number of allylic oxidation sites excluding steroid dienone is 1. The quantitative estimate of drug-likeness (QED) is 0.429. The Bertz CT molecular complexity index is 1110. The van der Waals surface area contributed by atoms with Crippen molar-refractivity contribution in [1.82, 2.24) is 9.88 Å². The van der Waals surface area contributed by atoms with Gasteiger partial charge in [0.25, 0.3) is 0 Å². The highest BCUT2D eigenvalue weighted by Gasteiger charge is 2.26. The van der Waals surface area contributed by atoms with Gasteiger partial charge >= 0.3 is 0 Å². The minimum atomic E-state index is -0.211. The van der Waals surface area contributed by atoms with Gasteiger partial charge in [-0.3, -0.25) is 4.39 Å². The summed E-state index contributed by atoms with van der Waals surface area (Å²) < 4.78 is 12.4. The van der Waals surface area contributed by atoms with Gasteiger partial charge < -0.3 is 15.0 Å². The van der Waals surface area contributed by atoms with E-state index in [1.807, 2.05) is 6.20 Å². The number of aliphatic hydroxyl groups excluding tert-OH is 1. The largest absolute Gasteiger partial charge is 0.396 e. The molecule has 0 bridgehead atoms. The molecule has 1 aromatic heterocycles. The first-order chi connectivity index (χ1) is 16.3. The van der Waals surface area contributed by atoms with Crippen LogP contribution in [0.5, 0.6) is 0 Å². The highest BCUT2D eigenvalue weighted by molar-refractivity contribution is 5.93. The third-order valence-corrected chi connectivity index (χ3v) is 7.42. The normalized spacial score (nSPS) is 17.3. The Labute approximate surface area is 196 Å². The van der Waals surface area contributed by atoms with Crippen LogP contribution in [-0.4, -0.2) is 47.9 Å². The van der Waals surface area contributed by atoms with Crippen LogP contribution in [0.1, 0.15) is 54.4 Å². The van der Waals surface area contributed by atoms with E-state index >= 15 is 0 Å². The Kier molecular flexibility index (Phi) is 6.93. The SMILES string of the molecule is OCCCC1=C(c2ccc(CC3CN(CCCF)C3)cc2)c2ccc3[nH]ccc3c2CCC1. The summed E-state index contributed by atoms with van der Waals surface area (Å²) in [5.74, 6) is 0.690. The lowest BCUT2D eigenvalue weighted by Crippen LogP contribution is -2.47. The molecule has 2 N–H and O–H groups in total. The van der Waals surface area contributed by atoms with Crippen LogP contribution in [0.15, 0.2) is 54.2 Å². The lowest BCUT2D eigenvalue weighted by molar-refractivity contribution is 0.0968. The Morgan fingerprint density at radius 2 is 1.85 bits per heavy atom. The third kappa shape index (κ3) is 4.78. The molecule has 0 radical (unpaired) electrons. The molecule has 0 spiro atoms. The Morgan fingerprint density at radius 3 is 2.64 bits per heavy atom. The van der Waals surface area contributed by atoms with E-state index in [2.05, 4.69) is 52.3 Å². The van der Waals surface area contributed by atoms with E-state index < -0.39 is 0 Å². The van der Waals surface area contributed by atoms with Crippen LogP contribution in [0, 0.1) is 5.92 Å². The average molecular weight is 447 g/mol. The first kappa shape index (κ1) is 22.4. The molecule has 1 saturated heterocycles. The molecule has 2 heterocycles. The molecule has 33 heavy (non-hydrogen) atoms. The first-order valence-electron chi connectivity index (χ1n) is 12.6. The molecule has 4 heteroatoms. The van der Waals surface area contributed by atoms with Gasteiger partial charge in [0.2, 0.25) is 0 Å². The van der Waals surface area contributed by atoms with Crippen LogP contribution in [0.3, 0.4) is 0 Å². The van der Waals surface area contributed by atoms with Gasteiger partial charge in [-0.25, -0.2) is 0 Å². The van der Waals surface area contributed by atoms with Gasteiger partial charge in [0.05, 0.1) is 6.67 Å².